The highest BCUT2D eigenvalue weighted by molar-refractivity contribution is 5.82. The van der Waals surface area contributed by atoms with Crippen LogP contribution in [0, 0.1) is 0 Å². The van der Waals surface area contributed by atoms with Gasteiger partial charge in [0.1, 0.15) is 0 Å². The van der Waals surface area contributed by atoms with Gasteiger partial charge in [-0.2, -0.15) is 0 Å². The molecule has 1 rings (SSSR count). The van der Waals surface area contributed by atoms with E-state index in [0.717, 1.165) is 6.42 Å². The summed E-state index contributed by atoms with van der Waals surface area (Å²) in [6.07, 6.45) is 17.4. The molecule has 0 aromatic heterocycles. The van der Waals surface area contributed by atoms with Crippen LogP contribution in [0.25, 0.3) is 0 Å². The van der Waals surface area contributed by atoms with Gasteiger partial charge in [0, 0.05) is 19.5 Å². The van der Waals surface area contributed by atoms with Crippen LogP contribution in [0.5, 0.6) is 0 Å². The number of unbranched alkanes of at least 4 members (excludes halogenated alkanes) is 10. The third-order valence-corrected chi connectivity index (χ3v) is 4.49. The third kappa shape index (κ3) is 6.98. The van der Waals surface area contributed by atoms with Crippen LogP contribution in [0.3, 0.4) is 0 Å². The number of rotatable bonds is 12. The van der Waals surface area contributed by atoms with Crippen LogP contribution in [0.4, 0.5) is 0 Å². The quantitative estimate of drug-likeness (QED) is 0.363. The second-order valence-electron chi connectivity index (χ2n) is 6.19. The van der Waals surface area contributed by atoms with Gasteiger partial charge < -0.3 is 4.90 Å². The Hall–Kier alpha value is -0.530. The van der Waals surface area contributed by atoms with Crippen molar-refractivity contribution in [3.05, 3.63) is 0 Å². The topological polar surface area (TPSA) is 20.3 Å². The summed E-state index contributed by atoms with van der Waals surface area (Å²) in [6.45, 7) is 2.28. The van der Waals surface area contributed by atoms with Crippen molar-refractivity contribution in [1.29, 1.82) is 0 Å². The van der Waals surface area contributed by atoms with Crippen molar-refractivity contribution in [3.8, 4) is 0 Å². The first kappa shape index (κ1) is 16.5. The zero-order valence-electron chi connectivity index (χ0n) is 13.1. The molecule has 0 spiro atoms. The summed E-state index contributed by atoms with van der Waals surface area (Å²) in [6, 6.07) is 0.561. The Morgan fingerprint density at radius 3 is 1.79 bits per heavy atom. The van der Waals surface area contributed by atoms with Gasteiger partial charge >= 0.3 is 0 Å². The first-order valence-electron chi connectivity index (χ1n) is 8.51. The summed E-state index contributed by atoms with van der Waals surface area (Å²) in [4.78, 5) is 13.0. The molecule has 0 aliphatic carbocycles. The van der Waals surface area contributed by atoms with Crippen molar-refractivity contribution >= 4 is 5.91 Å². The highest BCUT2D eigenvalue weighted by Gasteiger charge is 2.31. The van der Waals surface area contributed by atoms with E-state index in [4.69, 9.17) is 0 Å². The molecule has 0 aromatic rings. The Morgan fingerprint density at radius 2 is 1.37 bits per heavy atom. The molecule has 0 saturated carbocycles. The maximum Gasteiger partial charge on any atom is 0.224 e. The Balaban J connectivity index is 1.73. The fourth-order valence-electron chi connectivity index (χ4n) is 2.91. The first-order valence-corrected chi connectivity index (χ1v) is 8.51. The lowest BCUT2D eigenvalue weighted by molar-refractivity contribution is -0.143. The zero-order chi connectivity index (χ0) is 13.9. The molecule has 0 radical (unpaired) electrons. The van der Waals surface area contributed by atoms with E-state index in [9.17, 15) is 4.79 Å². The van der Waals surface area contributed by atoms with Gasteiger partial charge in [0.15, 0.2) is 0 Å². The maximum absolute atomic E-state index is 11.1. The van der Waals surface area contributed by atoms with Crippen LogP contribution in [0.2, 0.25) is 0 Å². The number of likely N-dealkylation sites (tertiary alicyclic amines) is 1. The van der Waals surface area contributed by atoms with Gasteiger partial charge in [0.25, 0.3) is 0 Å². The summed E-state index contributed by atoms with van der Waals surface area (Å²) < 4.78 is 0. The van der Waals surface area contributed by atoms with E-state index >= 15 is 0 Å². The van der Waals surface area contributed by atoms with Gasteiger partial charge in [-0.05, 0) is 6.42 Å². The van der Waals surface area contributed by atoms with E-state index < -0.39 is 0 Å². The van der Waals surface area contributed by atoms with Gasteiger partial charge in [-0.1, -0.05) is 77.6 Å². The average molecular weight is 267 g/mol. The van der Waals surface area contributed by atoms with Gasteiger partial charge in [-0.3, -0.25) is 4.79 Å². The number of carbonyl (C=O) groups is 1. The number of amides is 1. The van der Waals surface area contributed by atoms with Crippen LogP contribution in [0.1, 0.15) is 90.4 Å². The van der Waals surface area contributed by atoms with Crippen molar-refractivity contribution in [1.82, 2.24) is 4.90 Å². The highest BCUT2D eigenvalue weighted by atomic mass is 16.2. The van der Waals surface area contributed by atoms with Gasteiger partial charge in [0.05, 0.1) is 0 Å². The van der Waals surface area contributed by atoms with Gasteiger partial charge in [-0.15, -0.1) is 0 Å². The Bertz CT molecular complexity index is 239. The summed E-state index contributed by atoms with van der Waals surface area (Å²) in [5, 5.41) is 0. The predicted molar refractivity (Wildman–Crippen MR) is 82.3 cm³/mol. The molecule has 1 atom stereocenters. The fourth-order valence-corrected chi connectivity index (χ4v) is 2.91. The molecule has 1 amide bonds. The Kier molecular flexibility index (Phi) is 8.94. The van der Waals surface area contributed by atoms with Crippen LogP contribution >= 0.6 is 0 Å². The van der Waals surface area contributed by atoms with E-state index in [1.807, 2.05) is 11.9 Å². The average Bonchev–Trinajstić information content (AvgIpc) is 2.43. The lowest BCUT2D eigenvalue weighted by atomic mass is 9.96. The minimum atomic E-state index is 0.327. The smallest absolute Gasteiger partial charge is 0.224 e. The predicted octanol–water partition coefficient (Wildman–Crippen LogP) is 4.92. The molecule has 2 nitrogen and oxygen atoms in total. The normalized spacial score (nSPS) is 18.7. The minimum absolute atomic E-state index is 0.327. The van der Waals surface area contributed by atoms with Crippen molar-refractivity contribution in [3.63, 3.8) is 0 Å². The van der Waals surface area contributed by atoms with E-state index in [1.165, 1.54) is 77.0 Å². The minimum Gasteiger partial charge on any atom is -0.342 e. The molecule has 1 unspecified atom stereocenters. The molecule has 2 heteroatoms. The lowest BCUT2D eigenvalue weighted by Gasteiger charge is -2.37. The first-order chi connectivity index (χ1) is 9.25. The van der Waals surface area contributed by atoms with Crippen LogP contribution in [-0.2, 0) is 4.79 Å². The van der Waals surface area contributed by atoms with E-state index in [2.05, 4.69) is 6.92 Å². The number of β-lactam (4-membered cyclic amide) rings is 1. The molecule has 1 aliphatic rings. The molecule has 1 saturated heterocycles. The maximum atomic E-state index is 11.1. The van der Waals surface area contributed by atoms with Crippen molar-refractivity contribution in [2.75, 3.05) is 7.05 Å². The SMILES string of the molecule is CCCCCCCCCCCCCC1CC(=O)N1C. The third-order valence-electron chi connectivity index (χ3n) is 4.49. The molecule has 112 valence electrons. The number of hydrogen-bond donors (Lipinski definition) is 0. The van der Waals surface area contributed by atoms with Crippen molar-refractivity contribution in [2.45, 2.75) is 96.4 Å². The van der Waals surface area contributed by atoms with Crippen LogP contribution < -0.4 is 0 Å². The number of nitrogens with zero attached hydrogens (tertiary/aromatic N) is 1. The van der Waals surface area contributed by atoms with Crippen LogP contribution in [0.15, 0.2) is 0 Å². The Labute approximate surface area is 119 Å². The summed E-state index contributed by atoms with van der Waals surface area (Å²) >= 11 is 0. The molecule has 1 heterocycles. The Morgan fingerprint density at radius 1 is 0.895 bits per heavy atom. The highest BCUT2D eigenvalue weighted by Crippen LogP contribution is 2.22. The summed E-state index contributed by atoms with van der Waals surface area (Å²) in [5.41, 5.74) is 0. The number of hydrogen-bond acceptors (Lipinski definition) is 1. The van der Waals surface area contributed by atoms with Crippen molar-refractivity contribution in [2.24, 2.45) is 0 Å². The van der Waals surface area contributed by atoms with E-state index in [-0.39, 0.29) is 0 Å². The van der Waals surface area contributed by atoms with E-state index in [1.54, 1.807) is 0 Å². The molecule has 19 heavy (non-hydrogen) atoms. The standard InChI is InChI=1S/C17H33NO/c1-3-4-5-6-7-8-9-10-11-12-13-14-16-15-17(19)18(16)2/h16H,3-15H2,1-2H3. The molecule has 0 bridgehead atoms. The number of carbonyl (C=O) groups excluding carboxylic acids is 1. The molecule has 0 aromatic carbocycles. The molecule has 1 fully saturated rings. The second kappa shape index (κ2) is 10.3. The van der Waals surface area contributed by atoms with Gasteiger partial charge in [-0.25, -0.2) is 0 Å². The lowest BCUT2D eigenvalue weighted by Crippen LogP contribution is -2.49. The largest absolute Gasteiger partial charge is 0.342 e. The molecule has 1 aliphatic heterocycles. The summed E-state index contributed by atoms with van der Waals surface area (Å²) in [7, 11) is 1.94. The second-order valence-corrected chi connectivity index (χ2v) is 6.19. The zero-order valence-corrected chi connectivity index (χ0v) is 13.1. The fraction of sp³-hybridized carbons (Fsp3) is 0.941. The molecule has 0 N–H and O–H groups in total. The van der Waals surface area contributed by atoms with Gasteiger partial charge in [0.2, 0.25) is 5.91 Å². The molecular formula is C17H33NO. The van der Waals surface area contributed by atoms with Crippen LogP contribution in [-0.4, -0.2) is 23.9 Å². The monoisotopic (exact) mass is 267 g/mol. The molecular weight excluding hydrogens is 234 g/mol. The summed E-state index contributed by atoms with van der Waals surface area (Å²) in [5.74, 6) is 0.327. The van der Waals surface area contributed by atoms with E-state index in [0.29, 0.717) is 11.9 Å². The van der Waals surface area contributed by atoms with Crippen molar-refractivity contribution < 1.29 is 4.79 Å².